The first-order chi connectivity index (χ1) is 7.59. The van der Waals surface area contributed by atoms with Crippen molar-refractivity contribution in [2.24, 2.45) is 0 Å². The van der Waals surface area contributed by atoms with Gasteiger partial charge in [0.25, 0.3) is 5.91 Å². The third-order valence-electron chi connectivity index (χ3n) is 1.82. The Hall–Kier alpha value is -1.98. The second-order valence-corrected chi connectivity index (χ2v) is 3.30. The Labute approximate surface area is 93.5 Å². The highest BCUT2D eigenvalue weighted by atomic mass is 16.2. The fourth-order valence-electron chi connectivity index (χ4n) is 1.03. The summed E-state index contributed by atoms with van der Waals surface area (Å²) >= 11 is 0. The quantitative estimate of drug-likeness (QED) is 0.682. The van der Waals surface area contributed by atoms with Crippen molar-refractivity contribution in [1.29, 1.82) is 0 Å². The summed E-state index contributed by atoms with van der Waals surface area (Å²) < 4.78 is 0. The van der Waals surface area contributed by atoms with Gasteiger partial charge in [-0.3, -0.25) is 9.59 Å². The predicted octanol–water partition coefficient (Wildman–Crippen LogP) is -0.349. The highest BCUT2D eigenvalue weighted by Crippen LogP contribution is 1.94. The number of rotatable bonds is 4. The van der Waals surface area contributed by atoms with Crippen molar-refractivity contribution in [2.75, 3.05) is 13.1 Å². The number of hydrogen-bond acceptors (Lipinski definition) is 4. The van der Waals surface area contributed by atoms with E-state index in [2.05, 4.69) is 20.8 Å². The van der Waals surface area contributed by atoms with Crippen LogP contribution in [-0.2, 0) is 4.79 Å². The van der Waals surface area contributed by atoms with Crippen LogP contribution in [0.15, 0.2) is 12.1 Å². The van der Waals surface area contributed by atoms with E-state index in [9.17, 15) is 9.59 Å². The topological polar surface area (TPSA) is 84.0 Å². The van der Waals surface area contributed by atoms with E-state index in [0.29, 0.717) is 13.1 Å². The molecule has 0 atom stereocenters. The van der Waals surface area contributed by atoms with Crippen LogP contribution in [-0.4, -0.2) is 35.1 Å². The second-order valence-electron chi connectivity index (χ2n) is 3.30. The van der Waals surface area contributed by atoms with Gasteiger partial charge in [0, 0.05) is 20.0 Å². The third kappa shape index (κ3) is 4.04. The molecule has 0 aliphatic rings. The summed E-state index contributed by atoms with van der Waals surface area (Å²) in [7, 11) is 0. The molecule has 1 heterocycles. The summed E-state index contributed by atoms with van der Waals surface area (Å²) in [5.41, 5.74) is 1.03. The zero-order valence-corrected chi connectivity index (χ0v) is 9.28. The summed E-state index contributed by atoms with van der Waals surface area (Å²) in [6, 6.07) is 3.33. The molecule has 1 aromatic rings. The molecule has 0 radical (unpaired) electrons. The monoisotopic (exact) mass is 222 g/mol. The summed E-state index contributed by atoms with van der Waals surface area (Å²) in [5.74, 6) is -0.415. The van der Waals surface area contributed by atoms with Crippen LogP contribution in [0.5, 0.6) is 0 Å². The van der Waals surface area contributed by atoms with Crippen molar-refractivity contribution < 1.29 is 9.59 Å². The van der Waals surface area contributed by atoms with E-state index in [1.54, 1.807) is 19.1 Å². The lowest BCUT2D eigenvalue weighted by Crippen LogP contribution is -2.34. The maximum absolute atomic E-state index is 11.5. The fourth-order valence-corrected chi connectivity index (χ4v) is 1.03. The molecule has 0 saturated carbocycles. The van der Waals surface area contributed by atoms with Crippen molar-refractivity contribution in [3.63, 3.8) is 0 Å². The molecule has 86 valence electrons. The molecule has 0 aliphatic heterocycles. The maximum atomic E-state index is 11.5. The Morgan fingerprint density at radius 2 is 1.88 bits per heavy atom. The minimum Gasteiger partial charge on any atom is -0.355 e. The molecule has 16 heavy (non-hydrogen) atoms. The molecule has 0 bridgehead atoms. The van der Waals surface area contributed by atoms with E-state index in [-0.39, 0.29) is 17.5 Å². The zero-order valence-electron chi connectivity index (χ0n) is 9.28. The van der Waals surface area contributed by atoms with Crippen LogP contribution in [0.2, 0.25) is 0 Å². The van der Waals surface area contributed by atoms with E-state index in [1.807, 2.05) is 0 Å². The van der Waals surface area contributed by atoms with Crippen LogP contribution < -0.4 is 10.6 Å². The van der Waals surface area contributed by atoms with Gasteiger partial charge in [-0.25, -0.2) is 0 Å². The normalized spacial score (nSPS) is 9.62. The van der Waals surface area contributed by atoms with Gasteiger partial charge in [0.05, 0.1) is 5.69 Å². The zero-order chi connectivity index (χ0) is 12.0. The fraction of sp³-hybridized carbons (Fsp3) is 0.400. The van der Waals surface area contributed by atoms with Gasteiger partial charge < -0.3 is 10.6 Å². The average molecular weight is 222 g/mol. The lowest BCUT2D eigenvalue weighted by atomic mass is 10.3. The minimum absolute atomic E-state index is 0.121. The lowest BCUT2D eigenvalue weighted by molar-refractivity contribution is -0.118. The Balaban J connectivity index is 2.35. The van der Waals surface area contributed by atoms with E-state index >= 15 is 0 Å². The Morgan fingerprint density at radius 1 is 1.19 bits per heavy atom. The molecular weight excluding hydrogens is 208 g/mol. The van der Waals surface area contributed by atoms with Crippen molar-refractivity contribution in [2.45, 2.75) is 13.8 Å². The van der Waals surface area contributed by atoms with Gasteiger partial charge in [-0.05, 0) is 19.1 Å². The Morgan fingerprint density at radius 3 is 2.44 bits per heavy atom. The Kier molecular flexibility index (Phi) is 4.38. The average Bonchev–Trinajstić information content (AvgIpc) is 2.25. The van der Waals surface area contributed by atoms with Crippen LogP contribution in [0.25, 0.3) is 0 Å². The number of aryl methyl sites for hydroxylation is 1. The van der Waals surface area contributed by atoms with Crippen LogP contribution >= 0.6 is 0 Å². The molecule has 2 amide bonds. The van der Waals surface area contributed by atoms with Crippen molar-refractivity contribution >= 4 is 11.8 Å². The minimum atomic E-state index is -0.294. The molecule has 0 saturated heterocycles. The molecule has 1 rings (SSSR count). The molecular formula is C10H14N4O2. The number of carbonyl (C=O) groups excluding carboxylic acids is 2. The third-order valence-corrected chi connectivity index (χ3v) is 1.82. The Bertz CT molecular complexity index is 375. The number of nitrogens with one attached hydrogen (secondary N) is 2. The number of amides is 2. The second kappa shape index (κ2) is 5.79. The molecule has 6 nitrogen and oxygen atoms in total. The van der Waals surface area contributed by atoms with Gasteiger partial charge in [-0.1, -0.05) is 0 Å². The van der Waals surface area contributed by atoms with Crippen molar-refractivity contribution in [3.8, 4) is 0 Å². The summed E-state index contributed by atoms with van der Waals surface area (Å²) in [5, 5.41) is 12.7. The maximum Gasteiger partial charge on any atom is 0.271 e. The molecule has 0 spiro atoms. The summed E-state index contributed by atoms with van der Waals surface area (Å²) in [6.07, 6.45) is 0. The van der Waals surface area contributed by atoms with Gasteiger partial charge in [-0.15, -0.1) is 5.10 Å². The summed E-state index contributed by atoms with van der Waals surface area (Å²) in [6.45, 7) is 3.99. The summed E-state index contributed by atoms with van der Waals surface area (Å²) in [4.78, 5) is 22.0. The predicted molar refractivity (Wildman–Crippen MR) is 57.8 cm³/mol. The van der Waals surface area contributed by atoms with Gasteiger partial charge >= 0.3 is 0 Å². The molecule has 0 aliphatic carbocycles. The first-order valence-electron chi connectivity index (χ1n) is 4.92. The van der Waals surface area contributed by atoms with Gasteiger partial charge in [0.15, 0.2) is 5.69 Å². The highest BCUT2D eigenvalue weighted by molar-refractivity contribution is 5.92. The number of nitrogens with zero attached hydrogens (tertiary/aromatic N) is 2. The first kappa shape index (κ1) is 12.1. The van der Waals surface area contributed by atoms with E-state index in [4.69, 9.17) is 0 Å². The smallest absolute Gasteiger partial charge is 0.271 e. The number of carbonyl (C=O) groups is 2. The van der Waals surface area contributed by atoms with Crippen LogP contribution in [0, 0.1) is 6.92 Å². The van der Waals surface area contributed by atoms with Crippen LogP contribution in [0.3, 0.4) is 0 Å². The van der Waals surface area contributed by atoms with Crippen molar-refractivity contribution in [1.82, 2.24) is 20.8 Å². The van der Waals surface area contributed by atoms with Crippen molar-refractivity contribution in [3.05, 3.63) is 23.5 Å². The van der Waals surface area contributed by atoms with E-state index in [0.717, 1.165) is 5.69 Å². The molecule has 0 unspecified atom stereocenters. The highest BCUT2D eigenvalue weighted by Gasteiger charge is 2.06. The molecule has 2 N–H and O–H groups in total. The van der Waals surface area contributed by atoms with E-state index < -0.39 is 0 Å². The van der Waals surface area contributed by atoms with Gasteiger partial charge in [0.2, 0.25) is 5.91 Å². The van der Waals surface area contributed by atoms with Gasteiger partial charge in [0.1, 0.15) is 0 Å². The van der Waals surface area contributed by atoms with Crippen LogP contribution in [0.1, 0.15) is 23.1 Å². The molecule has 6 heteroatoms. The molecule has 0 fully saturated rings. The van der Waals surface area contributed by atoms with E-state index in [1.165, 1.54) is 6.92 Å². The largest absolute Gasteiger partial charge is 0.355 e. The number of aromatic nitrogens is 2. The number of hydrogen-bond donors (Lipinski definition) is 2. The SMILES string of the molecule is CC(=O)NCCNC(=O)c1ccc(C)nn1. The molecule has 1 aromatic heterocycles. The lowest BCUT2D eigenvalue weighted by Gasteiger charge is -2.04. The molecule has 0 aromatic carbocycles. The first-order valence-corrected chi connectivity index (χ1v) is 4.92. The van der Waals surface area contributed by atoms with Crippen LogP contribution in [0.4, 0.5) is 0 Å². The van der Waals surface area contributed by atoms with Gasteiger partial charge in [-0.2, -0.15) is 5.10 Å². The standard InChI is InChI=1S/C10H14N4O2/c1-7-3-4-9(14-13-7)10(16)12-6-5-11-8(2)15/h3-4H,5-6H2,1-2H3,(H,11,15)(H,12,16).